The Bertz CT molecular complexity index is 528. The first-order valence-corrected chi connectivity index (χ1v) is 9.35. The number of ether oxygens (including phenoxy) is 1. The van der Waals surface area contributed by atoms with E-state index in [1.54, 1.807) is 7.05 Å². The molecule has 0 aliphatic carbocycles. The van der Waals surface area contributed by atoms with Crippen LogP contribution in [0.25, 0.3) is 0 Å². The second-order valence-corrected chi connectivity index (χ2v) is 6.68. The van der Waals surface area contributed by atoms with Gasteiger partial charge < -0.3 is 20.3 Å². The van der Waals surface area contributed by atoms with Crippen LogP contribution in [0.15, 0.2) is 23.2 Å². The number of aliphatic imine (C=N–C) groups is 1. The molecule has 0 unspecified atom stereocenters. The zero-order chi connectivity index (χ0) is 18.7. The van der Waals surface area contributed by atoms with Crippen molar-refractivity contribution in [1.82, 2.24) is 15.5 Å². The average Bonchev–Trinajstić information content (AvgIpc) is 2.58. The maximum atomic E-state index is 5.73. The normalized spacial score (nSPS) is 11.9. The molecule has 0 radical (unpaired) electrons. The molecule has 0 heterocycles. The molecule has 0 atom stereocenters. The fourth-order valence-corrected chi connectivity index (χ4v) is 2.45. The van der Waals surface area contributed by atoms with Crippen molar-refractivity contribution in [2.24, 2.45) is 4.99 Å². The van der Waals surface area contributed by atoms with E-state index in [1.807, 2.05) is 6.92 Å². The van der Waals surface area contributed by atoms with E-state index in [0.717, 1.165) is 36.8 Å². The molecule has 1 aromatic rings. The number of rotatable bonds is 10. The summed E-state index contributed by atoms with van der Waals surface area (Å²) in [5.41, 5.74) is 2.36. The number of nitrogens with zero attached hydrogens (tertiary/aromatic N) is 2. The highest BCUT2D eigenvalue weighted by Gasteiger charge is 2.06. The monoisotopic (exact) mass is 348 g/mol. The molecular formula is C20H36N4O. The van der Waals surface area contributed by atoms with Crippen LogP contribution in [-0.2, 0) is 6.54 Å². The van der Waals surface area contributed by atoms with Gasteiger partial charge in [0.05, 0.1) is 6.61 Å². The Kier molecular flexibility index (Phi) is 10.0. The van der Waals surface area contributed by atoms with Gasteiger partial charge in [0.15, 0.2) is 5.96 Å². The molecule has 2 N–H and O–H groups in total. The van der Waals surface area contributed by atoms with Gasteiger partial charge in [0, 0.05) is 31.7 Å². The van der Waals surface area contributed by atoms with Crippen molar-refractivity contribution >= 4 is 5.96 Å². The molecule has 0 aliphatic rings. The van der Waals surface area contributed by atoms with E-state index in [-0.39, 0.29) is 0 Å². The molecule has 0 bridgehead atoms. The molecule has 0 saturated carbocycles. The van der Waals surface area contributed by atoms with Crippen LogP contribution in [0.4, 0.5) is 0 Å². The second-order valence-electron chi connectivity index (χ2n) is 6.68. The summed E-state index contributed by atoms with van der Waals surface area (Å²) in [5.74, 6) is 1.78. The highest BCUT2D eigenvalue weighted by molar-refractivity contribution is 5.79. The van der Waals surface area contributed by atoms with Crippen molar-refractivity contribution in [1.29, 1.82) is 0 Å². The van der Waals surface area contributed by atoms with Gasteiger partial charge in [-0.05, 0) is 65.8 Å². The van der Waals surface area contributed by atoms with Crippen LogP contribution in [0.2, 0.25) is 0 Å². The third-order valence-electron chi connectivity index (χ3n) is 4.30. The molecule has 0 aliphatic heterocycles. The Balaban J connectivity index is 2.37. The lowest BCUT2D eigenvalue weighted by Crippen LogP contribution is -2.37. The Morgan fingerprint density at radius 1 is 1.24 bits per heavy atom. The lowest BCUT2D eigenvalue weighted by Gasteiger charge is -2.20. The molecule has 0 aromatic heterocycles. The minimum atomic E-state index is 0.608. The Labute approximate surface area is 153 Å². The number of hydrogen-bond acceptors (Lipinski definition) is 3. The van der Waals surface area contributed by atoms with Gasteiger partial charge in [0.25, 0.3) is 0 Å². The first-order chi connectivity index (χ1) is 12.0. The predicted octanol–water partition coefficient (Wildman–Crippen LogP) is 3.18. The van der Waals surface area contributed by atoms with Gasteiger partial charge in [0.2, 0.25) is 0 Å². The average molecular weight is 349 g/mol. The van der Waals surface area contributed by atoms with Crippen LogP contribution >= 0.6 is 0 Å². The van der Waals surface area contributed by atoms with E-state index in [9.17, 15) is 0 Å². The zero-order valence-corrected chi connectivity index (χ0v) is 16.9. The third kappa shape index (κ3) is 8.25. The van der Waals surface area contributed by atoms with Crippen LogP contribution in [0, 0.1) is 6.92 Å². The number of nitrogens with one attached hydrogen (secondary N) is 2. The summed E-state index contributed by atoms with van der Waals surface area (Å²) in [4.78, 5) is 6.68. The smallest absolute Gasteiger partial charge is 0.191 e. The van der Waals surface area contributed by atoms with E-state index in [2.05, 4.69) is 66.5 Å². The van der Waals surface area contributed by atoms with Crippen molar-refractivity contribution in [3.63, 3.8) is 0 Å². The van der Waals surface area contributed by atoms with Crippen molar-refractivity contribution in [3.05, 3.63) is 29.3 Å². The highest BCUT2D eigenvalue weighted by atomic mass is 16.5. The topological polar surface area (TPSA) is 48.9 Å². The van der Waals surface area contributed by atoms with Gasteiger partial charge in [-0.2, -0.15) is 0 Å². The predicted molar refractivity (Wildman–Crippen MR) is 108 cm³/mol. The minimum absolute atomic E-state index is 0.608. The van der Waals surface area contributed by atoms with Crippen LogP contribution in [-0.4, -0.2) is 50.7 Å². The molecule has 0 spiro atoms. The molecule has 1 rings (SSSR count). The summed E-state index contributed by atoms with van der Waals surface area (Å²) < 4.78 is 5.73. The quantitative estimate of drug-likeness (QED) is 0.387. The minimum Gasteiger partial charge on any atom is -0.494 e. The number of unbranched alkanes of at least 4 members (excludes halogenated alkanes) is 1. The first-order valence-electron chi connectivity index (χ1n) is 9.35. The van der Waals surface area contributed by atoms with Gasteiger partial charge in [-0.25, -0.2) is 0 Å². The largest absolute Gasteiger partial charge is 0.494 e. The van der Waals surface area contributed by atoms with Crippen LogP contribution in [0.3, 0.4) is 0 Å². The lowest BCUT2D eigenvalue weighted by molar-refractivity contribution is 0.268. The van der Waals surface area contributed by atoms with Crippen LogP contribution in [0.1, 0.15) is 44.7 Å². The number of benzene rings is 1. The highest BCUT2D eigenvalue weighted by Crippen LogP contribution is 2.20. The fourth-order valence-electron chi connectivity index (χ4n) is 2.45. The lowest BCUT2D eigenvalue weighted by atomic mass is 10.1. The van der Waals surface area contributed by atoms with Gasteiger partial charge in [-0.1, -0.05) is 12.1 Å². The summed E-state index contributed by atoms with van der Waals surface area (Å²) in [5, 5.41) is 6.76. The molecule has 5 heteroatoms. The standard InChI is InChI=1S/C20H36N4O/c1-7-25-19-14-17(4)10-11-18(19)15-23-20(21-5)22-12-8-9-13-24(6)16(2)3/h10-11,14,16H,7-9,12-13,15H2,1-6H3,(H2,21,22,23). The van der Waals surface area contributed by atoms with Crippen LogP contribution < -0.4 is 15.4 Å². The molecule has 1 aromatic carbocycles. The summed E-state index contributed by atoms with van der Waals surface area (Å²) >= 11 is 0. The van der Waals surface area contributed by atoms with E-state index >= 15 is 0 Å². The van der Waals surface area contributed by atoms with Crippen molar-refractivity contribution in [2.75, 3.05) is 33.8 Å². The fraction of sp³-hybridized carbons (Fsp3) is 0.650. The SMILES string of the molecule is CCOc1cc(C)ccc1CNC(=NC)NCCCCN(C)C(C)C. The summed E-state index contributed by atoms with van der Waals surface area (Å²) in [6.45, 7) is 12.0. The number of hydrogen-bond donors (Lipinski definition) is 2. The third-order valence-corrected chi connectivity index (χ3v) is 4.30. The Morgan fingerprint density at radius 3 is 2.64 bits per heavy atom. The molecule has 0 fully saturated rings. The van der Waals surface area contributed by atoms with E-state index < -0.39 is 0 Å². The molecule has 25 heavy (non-hydrogen) atoms. The molecule has 142 valence electrons. The van der Waals surface area contributed by atoms with Crippen LogP contribution in [0.5, 0.6) is 5.75 Å². The van der Waals surface area contributed by atoms with E-state index in [1.165, 1.54) is 12.0 Å². The van der Waals surface area contributed by atoms with Gasteiger partial charge >= 0.3 is 0 Å². The molecule has 0 amide bonds. The Morgan fingerprint density at radius 2 is 2.00 bits per heavy atom. The number of aryl methyl sites for hydroxylation is 1. The summed E-state index contributed by atoms with van der Waals surface area (Å²) in [6.07, 6.45) is 2.32. The Hall–Kier alpha value is -1.75. The zero-order valence-electron chi connectivity index (χ0n) is 16.9. The van der Waals surface area contributed by atoms with Crippen molar-refractivity contribution in [3.8, 4) is 5.75 Å². The van der Waals surface area contributed by atoms with E-state index in [0.29, 0.717) is 19.2 Å². The maximum absolute atomic E-state index is 5.73. The summed E-state index contributed by atoms with van der Waals surface area (Å²) in [7, 11) is 3.98. The molecule has 5 nitrogen and oxygen atoms in total. The molecule has 0 saturated heterocycles. The first kappa shape index (κ1) is 21.3. The van der Waals surface area contributed by atoms with Gasteiger partial charge in [0.1, 0.15) is 5.75 Å². The van der Waals surface area contributed by atoms with Gasteiger partial charge in [-0.3, -0.25) is 4.99 Å². The van der Waals surface area contributed by atoms with Crippen molar-refractivity contribution < 1.29 is 4.74 Å². The number of guanidine groups is 1. The van der Waals surface area contributed by atoms with E-state index in [4.69, 9.17) is 4.74 Å². The van der Waals surface area contributed by atoms with Gasteiger partial charge in [-0.15, -0.1) is 0 Å². The summed E-state index contributed by atoms with van der Waals surface area (Å²) in [6, 6.07) is 6.92. The second kappa shape index (κ2) is 11.7. The molecular weight excluding hydrogens is 312 g/mol. The maximum Gasteiger partial charge on any atom is 0.191 e. The van der Waals surface area contributed by atoms with Crippen molar-refractivity contribution in [2.45, 2.75) is 53.1 Å².